The predicted octanol–water partition coefficient (Wildman–Crippen LogP) is 4.52. The number of methoxy groups -OCH3 is 2. The first kappa shape index (κ1) is 27.5. The Bertz CT molecular complexity index is 1060. The highest BCUT2D eigenvalue weighted by atomic mass is 16.6. The molecule has 0 aliphatic rings. The number of allylic oxidation sites excluding steroid dienone is 2. The van der Waals surface area contributed by atoms with Gasteiger partial charge in [0.25, 0.3) is 0 Å². The number of likely N-dealkylation sites (N-methyl/N-ethyl adjacent to an activating group) is 1. The monoisotopic (exact) mass is 482 g/mol. The van der Waals surface area contributed by atoms with Gasteiger partial charge in [-0.15, -0.1) is 0 Å². The number of ether oxygens (including phenoxy) is 2. The van der Waals surface area contributed by atoms with E-state index in [1.54, 1.807) is 42.5 Å². The Hall–Kier alpha value is -3.78. The molecule has 8 nitrogen and oxygen atoms in total. The number of phenolic OH excluding ortho intramolecular Hbond substituents is 2. The molecule has 2 N–H and O–H groups in total. The number of oxime groups is 1. The smallest absolute Gasteiger partial charge is 0.161 e. The maximum atomic E-state index is 12.6. The van der Waals surface area contributed by atoms with E-state index in [1.807, 2.05) is 0 Å². The van der Waals surface area contributed by atoms with E-state index in [-0.39, 0.29) is 23.7 Å². The van der Waals surface area contributed by atoms with Crippen molar-refractivity contribution in [3.8, 4) is 23.0 Å². The molecule has 0 unspecified atom stereocenters. The van der Waals surface area contributed by atoms with Crippen molar-refractivity contribution in [2.24, 2.45) is 5.16 Å². The number of ketones is 1. The molecule has 0 spiro atoms. The van der Waals surface area contributed by atoms with E-state index in [1.165, 1.54) is 32.4 Å². The Balaban J connectivity index is 2.14. The lowest BCUT2D eigenvalue weighted by Crippen LogP contribution is -2.26. The van der Waals surface area contributed by atoms with Crippen LogP contribution in [0.4, 0.5) is 0 Å². The largest absolute Gasteiger partial charge is 0.504 e. The molecule has 8 heteroatoms. The van der Waals surface area contributed by atoms with Crippen LogP contribution in [0.15, 0.2) is 53.7 Å². The van der Waals surface area contributed by atoms with Gasteiger partial charge in [0.15, 0.2) is 28.8 Å². The SMILES string of the molecule is CCN(CC)CCON=C(C=Cc1ccc(O)c(OC)c1)CC(=O)C=Cc1ccc(O)c(OC)c1. The molecule has 0 fully saturated rings. The summed E-state index contributed by atoms with van der Waals surface area (Å²) in [6, 6.07) is 9.79. The van der Waals surface area contributed by atoms with Gasteiger partial charge >= 0.3 is 0 Å². The van der Waals surface area contributed by atoms with Crippen LogP contribution in [0.25, 0.3) is 12.2 Å². The Labute approximate surface area is 206 Å². The number of aromatic hydroxyl groups is 2. The molecule has 0 saturated carbocycles. The molecule has 2 rings (SSSR count). The fourth-order valence-electron chi connectivity index (χ4n) is 3.17. The van der Waals surface area contributed by atoms with Crippen LogP contribution in [0.2, 0.25) is 0 Å². The molecule has 0 aromatic heterocycles. The fraction of sp³-hybridized carbons (Fsp3) is 0.333. The number of phenols is 2. The van der Waals surface area contributed by atoms with Crippen LogP contribution < -0.4 is 9.47 Å². The first-order chi connectivity index (χ1) is 16.9. The van der Waals surface area contributed by atoms with Crippen molar-refractivity contribution in [2.45, 2.75) is 20.3 Å². The van der Waals surface area contributed by atoms with Gasteiger partial charge in [-0.3, -0.25) is 4.79 Å². The zero-order valence-corrected chi connectivity index (χ0v) is 20.7. The number of carbonyl (C=O) groups excluding carboxylic acids is 1. The quantitative estimate of drug-likeness (QED) is 0.177. The van der Waals surface area contributed by atoms with E-state index in [0.29, 0.717) is 29.4 Å². The summed E-state index contributed by atoms with van der Waals surface area (Å²) in [5.41, 5.74) is 1.94. The van der Waals surface area contributed by atoms with Crippen molar-refractivity contribution in [2.75, 3.05) is 40.5 Å². The van der Waals surface area contributed by atoms with E-state index in [2.05, 4.69) is 23.9 Å². The predicted molar refractivity (Wildman–Crippen MR) is 138 cm³/mol. The summed E-state index contributed by atoms with van der Waals surface area (Å²) in [6.07, 6.45) is 6.62. The number of benzene rings is 2. The van der Waals surface area contributed by atoms with E-state index >= 15 is 0 Å². The molecule has 188 valence electrons. The highest BCUT2D eigenvalue weighted by Gasteiger charge is 2.07. The molecule has 0 bridgehead atoms. The standard InChI is InChI=1S/C27H34N2O6/c1-5-29(6-2)15-16-35-28-22(11-7-20-9-13-24(31)26(17-20)33-3)19-23(30)12-8-21-10-14-25(32)27(18-21)34-4/h7-14,17-18,31-32H,5-6,15-16,19H2,1-4H3. The van der Waals surface area contributed by atoms with Gasteiger partial charge in [-0.1, -0.05) is 43.3 Å². The summed E-state index contributed by atoms with van der Waals surface area (Å²) < 4.78 is 10.2. The van der Waals surface area contributed by atoms with Crippen molar-refractivity contribution in [3.05, 3.63) is 59.7 Å². The third-order valence-electron chi connectivity index (χ3n) is 5.27. The van der Waals surface area contributed by atoms with Crippen LogP contribution in [0, 0.1) is 0 Å². The lowest BCUT2D eigenvalue weighted by molar-refractivity contribution is -0.113. The van der Waals surface area contributed by atoms with Crippen LogP contribution in [-0.2, 0) is 9.63 Å². The third-order valence-corrected chi connectivity index (χ3v) is 5.27. The molecule has 0 radical (unpaired) electrons. The molecule has 2 aromatic carbocycles. The molecule has 0 amide bonds. The fourth-order valence-corrected chi connectivity index (χ4v) is 3.17. The second kappa shape index (κ2) is 14.5. The molecule has 0 atom stereocenters. The molecular weight excluding hydrogens is 448 g/mol. The highest BCUT2D eigenvalue weighted by molar-refractivity contribution is 6.13. The molecule has 2 aromatic rings. The van der Waals surface area contributed by atoms with Gasteiger partial charge < -0.3 is 29.4 Å². The Morgan fingerprint density at radius 1 is 0.914 bits per heavy atom. The van der Waals surface area contributed by atoms with Crippen LogP contribution in [-0.4, -0.2) is 67.1 Å². The first-order valence-corrected chi connectivity index (χ1v) is 11.4. The summed E-state index contributed by atoms with van der Waals surface area (Å²) >= 11 is 0. The van der Waals surface area contributed by atoms with Crippen molar-refractivity contribution in [1.29, 1.82) is 0 Å². The number of nitrogens with zero attached hydrogens (tertiary/aromatic N) is 2. The van der Waals surface area contributed by atoms with Gasteiger partial charge in [0.2, 0.25) is 0 Å². The Morgan fingerprint density at radius 3 is 1.97 bits per heavy atom. The Morgan fingerprint density at radius 2 is 1.46 bits per heavy atom. The number of rotatable bonds is 14. The maximum absolute atomic E-state index is 12.6. The summed E-state index contributed by atoms with van der Waals surface area (Å²) in [4.78, 5) is 20.4. The highest BCUT2D eigenvalue weighted by Crippen LogP contribution is 2.27. The number of hydrogen-bond acceptors (Lipinski definition) is 8. The van der Waals surface area contributed by atoms with E-state index in [0.717, 1.165) is 25.2 Å². The molecule has 35 heavy (non-hydrogen) atoms. The Kier molecular flexibility index (Phi) is 11.4. The van der Waals surface area contributed by atoms with Gasteiger partial charge in [0, 0.05) is 6.54 Å². The number of hydrogen-bond donors (Lipinski definition) is 2. The minimum atomic E-state index is -0.170. The first-order valence-electron chi connectivity index (χ1n) is 11.4. The van der Waals surface area contributed by atoms with Crippen molar-refractivity contribution >= 4 is 23.6 Å². The zero-order chi connectivity index (χ0) is 25.6. The third kappa shape index (κ3) is 9.17. The van der Waals surface area contributed by atoms with Crippen molar-refractivity contribution < 1.29 is 29.3 Å². The van der Waals surface area contributed by atoms with Gasteiger partial charge in [-0.25, -0.2) is 0 Å². The van der Waals surface area contributed by atoms with Crippen LogP contribution >= 0.6 is 0 Å². The molecule has 0 aliphatic carbocycles. The molecule has 0 saturated heterocycles. The van der Waals surface area contributed by atoms with Gasteiger partial charge in [-0.2, -0.15) is 0 Å². The van der Waals surface area contributed by atoms with E-state index < -0.39 is 0 Å². The lowest BCUT2D eigenvalue weighted by Gasteiger charge is -2.16. The van der Waals surface area contributed by atoms with Crippen LogP contribution in [0.5, 0.6) is 23.0 Å². The van der Waals surface area contributed by atoms with Gasteiger partial charge in [0.05, 0.1) is 26.4 Å². The van der Waals surface area contributed by atoms with Gasteiger partial charge in [0.1, 0.15) is 6.61 Å². The van der Waals surface area contributed by atoms with E-state index in [9.17, 15) is 15.0 Å². The van der Waals surface area contributed by atoms with Crippen LogP contribution in [0.3, 0.4) is 0 Å². The average Bonchev–Trinajstić information content (AvgIpc) is 2.87. The summed E-state index contributed by atoms with van der Waals surface area (Å²) in [5.74, 6) is 0.587. The van der Waals surface area contributed by atoms with E-state index in [4.69, 9.17) is 14.3 Å². The zero-order valence-electron chi connectivity index (χ0n) is 20.7. The summed E-state index contributed by atoms with van der Waals surface area (Å²) in [7, 11) is 2.94. The summed E-state index contributed by atoms with van der Waals surface area (Å²) in [6.45, 7) is 7.15. The van der Waals surface area contributed by atoms with Gasteiger partial charge in [-0.05, 0) is 60.6 Å². The second-order valence-electron chi connectivity index (χ2n) is 7.62. The average molecular weight is 483 g/mol. The van der Waals surface area contributed by atoms with Crippen molar-refractivity contribution in [1.82, 2.24) is 4.90 Å². The summed E-state index contributed by atoms with van der Waals surface area (Å²) in [5, 5.41) is 23.7. The topological polar surface area (TPSA) is 101 Å². The van der Waals surface area contributed by atoms with Crippen LogP contribution in [0.1, 0.15) is 31.4 Å². The number of carbonyl (C=O) groups is 1. The molecule has 0 heterocycles. The minimum absolute atomic E-state index is 0.0305. The molecular formula is C27H34N2O6. The maximum Gasteiger partial charge on any atom is 0.161 e. The van der Waals surface area contributed by atoms with Crippen molar-refractivity contribution in [3.63, 3.8) is 0 Å². The second-order valence-corrected chi connectivity index (χ2v) is 7.62. The molecule has 0 aliphatic heterocycles. The minimum Gasteiger partial charge on any atom is -0.504 e. The normalized spacial score (nSPS) is 12.0. The lowest BCUT2D eigenvalue weighted by atomic mass is 10.1.